The highest BCUT2D eigenvalue weighted by atomic mass is 16.1. The molecule has 1 aromatic heterocycles. The Bertz CT molecular complexity index is 398. The van der Waals surface area contributed by atoms with Crippen molar-refractivity contribution in [3.05, 3.63) is 18.1 Å². The summed E-state index contributed by atoms with van der Waals surface area (Å²) in [5.41, 5.74) is 0.402. The van der Waals surface area contributed by atoms with Crippen molar-refractivity contribution in [2.75, 3.05) is 24.5 Å². The Morgan fingerprint density at radius 1 is 1.26 bits per heavy atom. The number of hydrogen-bond donors (Lipinski definition) is 1. The van der Waals surface area contributed by atoms with E-state index >= 15 is 0 Å². The summed E-state index contributed by atoms with van der Waals surface area (Å²) in [4.78, 5) is 22.6. The van der Waals surface area contributed by atoms with Crippen molar-refractivity contribution in [1.82, 2.24) is 15.3 Å². The predicted molar refractivity (Wildman–Crippen MR) is 75.3 cm³/mol. The average molecular weight is 262 g/mol. The molecule has 1 fully saturated rings. The van der Waals surface area contributed by atoms with E-state index in [0.717, 1.165) is 38.2 Å². The van der Waals surface area contributed by atoms with Gasteiger partial charge in [0.2, 0.25) is 0 Å². The first-order chi connectivity index (χ1) is 9.31. The third-order valence-electron chi connectivity index (χ3n) is 3.37. The molecule has 0 saturated carbocycles. The van der Waals surface area contributed by atoms with Gasteiger partial charge in [-0.05, 0) is 19.3 Å². The van der Waals surface area contributed by atoms with Crippen LogP contribution in [0, 0.1) is 0 Å². The fourth-order valence-corrected chi connectivity index (χ4v) is 2.22. The highest BCUT2D eigenvalue weighted by molar-refractivity contribution is 5.91. The summed E-state index contributed by atoms with van der Waals surface area (Å²) in [6, 6.07) is 0. The molecule has 1 N–H and O–H groups in total. The molecule has 1 amide bonds. The van der Waals surface area contributed by atoms with Crippen LogP contribution in [0.15, 0.2) is 12.4 Å². The van der Waals surface area contributed by atoms with Gasteiger partial charge in [-0.1, -0.05) is 19.8 Å². The molecule has 5 nitrogen and oxygen atoms in total. The van der Waals surface area contributed by atoms with Crippen molar-refractivity contribution in [2.45, 2.75) is 39.0 Å². The first-order valence-electron chi connectivity index (χ1n) is 7.16. The molecule has 0 aliphatic carbocycles. The number of hydrogen-bond acceptors (Lipinski definition) is 4. The standard InChI is InChI=1S/C14H22N4O/c1-2-3-4-7-15-14(19)12-10-17-13(11-16-12)18-8-5-6-9-18/h10-11H,2-9H2,1H3,(H,15,19). The minimum absolute atomic E-state index is 0.128. The molecule has 19 heavy (non-hydrogen) atoms. The maximum atomic E-state index is 11.8. The van der Waals surface area contributed by atoms with E-state index in [9.17, 15) is 4.79 Å². The summed E-state index contributed by atoms with van der Waals surface area (Å²) in [6.45, 7) is 4.93. The molecular weight excluding hydrogens is 240 g/mol. The molecule has 1 aliphatic rings. The lowest BCUT2D eigenvalue weighted by molar-refractivity contribution is 0.0947. The molecule has 1 aliphatic heterocycles. The Hall–Kier alpha value is -1.65. The quantitative estimate of drug-likeness (QED) is 0.797. The smallest absolute Gasteiger partial charge is 0.271 e. The second-order valence-corrected chi connectivity index (χ2v) is 4.92. The summed E-state index contributed by atoms with van der Waals surface area (Å²) in [7, 11) is 0. The zero-order valence-electron chi connectivity index (χ0n) is 11.6. The van der Waals surface area contributed by atoms with E-state index in [0.29, 0.717) is 12.2 Å². The van der Waals surface area contributed by atoms with Crippen molar-refractivity contribution < 1.29 is 4.79 Å². The summed E-state index contributed by atoms with van der Waals surface area (Å²) >= 11 is 0. The van der Waals surface area contributed by atoms with Gasteiger partial charge in [-0.15, -0.1) is 0 Å². The first-order valence-corrected chi connectivity index (χ1v) is 7.16. The molecule has 1 aromatic rings. The zero-order valence-corrected chi connectivity index (χ0v) is 11.6. The van der Waals surface area contributed by atoms with Crippen LogP contribution >= 0.6 is 0 Å². The molecule has 1 saturated heterocycles. The van der Waals surface area contributed by atoms with E-state index in [1.54, 1.807) is 12.4 Å². The second kappa shape index (κ2) is 7.07. The van der Waals surface area contributed by atoms with Gasteiger partial charge in [0.05, 0.1) is 12.4 Å². The summed E-state index contributed by atoms with van der Waals surface area (Å²) < 4.78 is 0. The monoisotopic (exact) mass is 262 g/mol. The van der Waals surface area contributed by atoms with Crippen molar-refractivity contribution >= 4 is 11.7 Å². The normalized spacial score (nSPS) is 14.7. The van der Waals surface area contributed by atoms with Crippen LogP contribution in [0.4, 0.5) is 5.82 Å². The lowest BCUT2D eigenvalue weighted by atomic mass is 10.2. The molecule has 0 spiro atoms. The van der Waals surface area contributed by atoms with E-state index in [1.165, 1.54) is 12.8 Å². The number of anilines is 1. The van der Waals surface area contributed by atoms with E-state index in [-0.39, 0.29) is 5.91 Å². The molecule has 0 aromatic carbocycles. The van der Waals surface area contributed by atoms with Gasteiger partial charge in [0.15, 0.2) is 0 Å². The highest BCUT2D eigenvalue weighted by Crippen LogP contribution is 2.16. The molecule has 0 atom stereocenters. The lowest BCUT2D eigenvalue weighted by Gasteiger charge is -2.15. The summed E-state index contributed by atoms with van der Waals surface area (Å²) in [5.74, 6) is 0.747. The predicted octanol–water partition coefficient (Wildman–Crippen LogP) is 2.00. The third-order valence-corrected chi connectivity index (χ3v) is 3.37. The minimum Gasteiger partial charge on any atom is -0.355 e. The Morgan fingerprint density at radius 2 is 2.05 bits per heavy atom. The van der Waals surface area contributed by atoms with Gasteiger partial charge in [0.25, 0.3) is 5.91 Å². The van der Waals surface area contributed by atoms with Crippen LogP contribution in [-0.4, -0.2) is 35.5 Å². The van der Waals surface area contributed by atoms with Crippen molar-refractivity contribution in [3.63, 3.8) is 0 Å². The Balaban J connectivity index is 1.85. The van der Waals surface area contributed by atoms with Crippen LogP contribution in [0.3, 0.4) is 0 Å². The van der Waals surface area contributed by atoms with Crippen LogP contribution in [0.2, 0.25) is 0 Å². The van der Waals surface area contributed by atoms with Gasteiger partial charge in [-0.2, -0.15) is 0 Å². The Kier molecular flexibility index (Phi) is 5.12. The number of rotatable bonds is 6. The highest BCUT2D eigenvalue weighted by Gasteiger charge is 2.14. The number of unbranched alkanes of at least 4 members (excludes halogenated alkanes) is 2. The van der Waals surface area contributed by atoms with Gasteiger partial charge in [-0.3, -0.25) is 4.79 Å². The van der Waals surface area contributed by atoms with E-state index < -0.39 is 0 Å². The number of carbonyl (C=O) groups excluding carboxylic acids is 1. The molecule has 0 unspecified atom stereocenters. The van der Waals surface area contributed by atoms with Gasteiger partial charge in [0.1, 0.15) is 11.5 Å². The summed E-state index contributed by atoms with van der Waals surface area (Å²) in [6.07, 6.45) is 9.00. The van der Waals surface area contributed by atoms with Gasteiger partial charge in [-0.25, -0.2) is 9.97 Å². The zero-order chi connectivity index (χ0) is 13.5. The van der Waals surface area contributed by atoms with Crippen LogP contribution in [-0.2, 0) is 0 Å². The molecule has 5 heteroatoms. The fourth-order valence-electron chi connectivity index (χ4n) is 2.22. The largest absolute Gasteiger partial charge is 0.355 e. The van der Waals surface area contributed by atoms with Crippen molar-refractivity contribution in [3.8, 4) is 0 Å². The van der Waals surface area contributed by atoms with Gasteiger partial charge < -0.3 is 10.2 Å². The average Bonchev–Trinajstić information content (AvgIpc) is 2.98. The van der Waals surface area contributed by atoms with Gasteiger partial charge >= 0.3 is 0 Å². The van der Waals surface area contributed by atoms with E-state index in [1.807, 2.05) is 0 Å². The fraction of sp³-hybridized carbons (Fsp3) is 0.643. The maximum Gasteiger partial charge on any atom is 0.271 e. The summed E-state index contributed by atoms with van der Waals surface area (Å²) in [5, 5.41) is 2.87. The Labute approximate surface area is 114 Å². The third kappa shape index (κ3) is 3.91. The number of nitrogens with one attached hydrogen (secondary N) is 1. The second-order valence-electron chi connectivity index (χ2n) is 4.92. The minimum atomic E-state index is -0.128. The number of amides is 1. The SMILES string of the molecule is CCCCCNC(=O)c1cnc(N2CCCC2)cn1. The van der Waals surface area contributed by atoms with Crippen LogP contribution in [0.1, 0.15) is 49.5 Å². The molecule has 0 radical (unpaired) electrons. The lowest BCUT2D eigenvalue weighted by Crippen LogP contribution is -2.26. The molecule has 0 bridgehead atoms. The topological polar surface area (TPSA) is 58.1 Å². The molecule has 2 rings (SSSR count). The maximum absolute atomic E-state index is 11.8. The van der Waals surface area contributed by atoms with Gasteiger partial charge in [0, 0.05) is 19.6 Å². The van der Waals surface area contributed by atoms with Crippen LogP contribution in [0.5, 0.6) is 0 Å². The van der Waals surface area contributed by atoms with Crippen LogP contribution in [0.25, 0.3) is 0 Å². The first kappa shape index (κ1) is 13.8. The molecular formula is C14H22N4O. The molecule has 104 valence electrons. The van der Waals surface area contributed by atoms with E-state index in [2.05, 4.69) is 27.1 Å². The number of nitrogens with zero attached hydrogens (tertiary/aromatic N) is 3. The van der Waals surface area contributed by atoms with Crippen LogP contribution < -0.4 is 10.2 Å². The number of carbonyl (C=O) groups is 1. The van der Waals surface area contributed by atoms with E-state index in [4.69, 9.17) is 0 Å². The van der Waals surface area contributed by atoms with Crippen molar-refractivity contribution in [1.29, 1.82) is 0 Å². The Morgan fingerprint density at radius 3 is 2.68 bits per heavy atom. The van der Waals surface area contributed by atoms with Crippen molar-refractivity contribution in [2.24, 2.45) is 0 Å². The number of aromatic nitrogens is 2. The molecule has 2 heterocycles.